The van der Waals surface area contributed by atoms with Gasteiger partial charge in [0.15, 0.2) is 0 Å². The summed E-state index contributed by atoms with van der Waals surface area (Å²) in [5.74, 6) is -0.683. The monoisotopic (exact) mass is 629 g/mol. The van der Waals surface area contributed by atoms with E-state index in [1.165, 1.54) is 4.90 Å². The average Bonchev–Trinajstić information content (AvgIpc) is 3.61. The summed E-state index contributed by atoms with van der Waals surface area (Å²) in [7, 11) is 0. The number of aromatic nitrogens is 2. The van der Waals surface area contributed by atoms with Gasteiger partial charge in [-0.1, -0.05) is 35.3 Å². The molecule has 1 aliphatic heterocycles. The Bertz CT molecular complexity index is 1470. The topological polar surface area (TPSA) is 126 Å². The molecule has 43 heavy (non-hydrogen) atoms. The SMILES string of the molecule is CC(C)Nc1cc(-c2c[nH]c(C(=O)N[C@H](COC(=O)[C@H]3CCN(C(=O)OC(C)(C)C)C3)c3cccc(Cl)c3)c2)c(Cl)cn1. The minimum atomic E-state index is -0.684. The molecule has 0 unspecified atom stereocenters. The number of anilines is 1. The maximum absolute atomic E-state index is 13.4. The summed E-state index contributed by atoms with van der Waals surface area (Å²) < 4.78 is 11.1. The molecule has 4 rings (SSSR count). The number of carbonyl (C=O) groups is 3. The Hall–Kier alpha value is -3.76. The fraction of sp³-hybridized carbons (Fsp3) is 0.419. The molecule has 0 radical (unpaired) electrons. The Kier molecular flexibility index (Phi) is 10.2. The normalized spacial score (nSPS) is 15.7. The molecule has 2 atom stereocenters. The number of esters is 1. The molecule has 0 bridgehead atoms. The maximum Gasteiger partial charge on any atom is 0.410 e. The van der Waals surface area contributed by atoms with Crippen LogP contribution in [0.3, 0.4) is 0 Å². The van der Waals surface area contributed by atoms with E-state index in [2.05, 4.69) is 20.6 Å². The van der Waals surface area contributed by atoms with Crippen molar-refractivity contribution in [2.75, 3.05) is 25.0 Å². The van der Waals surface area contributed by atoms with Gasteiger partial charge in [-0.25, -0.2) is 9.78 Å². The number of nitrogens with zero attached hydrogens (tertiary/aromatic N) is 2. The highest BCUT2D eigenvalue weighted by Gasteiger charge is 2.35. The summed E-state index contributed by atoms with van der Waals surface area (Å²) >= 11 is 12.7. The Balaban J connectivity index is 1.44. The fourth-order valence-corrected chi connectivity index (χ4v) is 5.04. The van der Waals surface area contributed by atoms with Gasteiger partial charge in [-0.05, 0) is 70.9 Å². The van der Waals surface area contributed by atoms with E-state index in [1.807, 2.05) is 19.9 Å². The average molecular weight is 631 g/mol. The lowest BCUT2D eigenvalue weighted by molar-refractivity contribution is -0.148. The number of benzene rings is 1. The number of aromatic amines is 1. The minimum Gasteiger partial charge on any atom is -0.463 e. The van der Waals surface area contributed by atoms with Crippen LogP contribution in [0, 0.1) is 5.92 Å². The molecule has 0 saturated carbocycles. The van der Waals surface area contributed by atoms with Gasteiger partial charge < -0.3 is 30.0 Å². The van der Waals surface area contributed by atoms with Crippen molar-refractivity contribution < 1.29 is 23.9 Å². The smallest absolute Gasteiger partial charge is 0.410 e. The number of carbonyl (C=O) groups excluding carboxylic acids is 3. The second-order valence-corrected chi connectivity index (χ2v) is 12.6. The van der Waals surface area contributed by atoms with Gasteiger partial charge in [-0.15, -0.1) is 0 Å². The maximum atomic E-state index is 13.4. The lowest BCUT2D eigenvalue weighted by Crippen LogP contribution is -2.36. The number of ether oxygens (including phenoxy) is 2. The van der Waals surface area contributed by atoms with Crippen LogP contribution in [-0.2, 0) is 14.3 Å². The summed E-state index contributed by atoms with van der Waals surface area (Å²) in [5, 5.41) is 7.11. The second-order valence-electron chi connectivity index (χ2n) is 11.8. The highest BCUT2D eigenvalue weighted by Crippen LogP contribution is 2.30. The van der Waals surface area contributed by atoms with Gasteiger partial charge >= 0.3 is 12.1 Å². The fourth-order valence-electron chi connectivity index (χ4n) is 4.62. The van der Waals surface area contributed by atoms with E-state index in [9.17, 15) is 14.4 Å². The molecule has 1 aliphatic rings. The van der Waals surface area contributed by atoms with Crippen LogP contribution in [0.2, 0.25) is 10.0 Å². The Labute approximate surface area is 261 Å². The number of amides is 2. The van der Waals surface area contributed by atoms with Crippen molar-refractivity contribution in [2.24, 2.45) is 5.92 Å². The van der Waals surface area contributed by atoms with E-state index in [0.717, 1.165) is 0 Å². The summed E-state index contributed by atoms with van der Waals surface area (Å²) in [4.78, 5) is 47.6. The molecule has 3 aromatic rings. The van der Waals surface area contributed by atoms with Gasteiger partial charge in [0.1, 0.15) is 23.7 Å². The largest absolute Gasteiger partial charge is 0.463 e. The number of likely N-dealkylation sites (tertiary alicyclic amines) is 1. The highest BCUT2D eigenvalue weighted by atomic mass is 35.5. The van der Waals surface area contributed by atoms with Crippen molar-refractivity contribution in [1.29, 1.82) is 0 Å². The van der Waals surface area contributed by atoms with Crippen molar-refractivity contribution in [3.63, 3.8) is 0 Å². The summed E-state index contributed by atoms with van der Waals surface area (Å²) in [6, 6.07) is 10.0. The van der Waals surface area contributed by atoms with Crippen LogP contribution < -0.4 is 10.6 Å². The van der Waals surface area contributed by atoms with E-state index in [-0.39, 0.29) is 19.2 Å². The molecule has 3 heterocycles. The molecular formula is C31H37Cl2N5O5. The molecule has 230 valence electrons. The molecule has 3 N–H and O–H groups in total. The number of halogens is 2. The van der Waals surface area contributed by atoms with Gasteiger partial charge in [0, 0.05) is 47.7 Å². The first-order valence-electron chi connectivity index (χ1n) is 14.1. The first kappa shape index (κ1) is 32.2. The van der Waals surface area contributed by atoms with Crippen molar-refractivity contribution in [1.82, 2.24) is 20.2 Å². The van der Waals surface area contributed by atoms with Crippen LogP contribution in [0.4, 0.5) is 10.6 Å². The van der Waals surface area contributed by atoms with Crippen LogP contribution in [0.15, 0.2) is 48.8 Å². The second kappa shape index (κ2) is 13.7. The van der Waals surface area contributed by atoms with Crippen molar-refractivity contribution in [3.05, 3.63) is 70.1 Å². The van der Waals surface area contributed by atoms with Crippen molar-refractivity contribution in [3.8, 4) is 11.1 Å². The van der Waals surface area contributed by atoms with E-state index in [4.69, 9.17) is 32.7 Å². The minimum absolute atomic E-state index is 0.123. The van der Waals surface area contributed by atoms with Crippen LogP contribution in [0.5, 0.6) is 0 Å². The van der Waals surface area contributed by atoms with E-state index in [1.54, 1.807) is 63.5 Å². The number of hydrogen-bond donors (Lipinski definition) is 3. The first-order chi connectivity index (χ1) is 20.3. The van der Waals surface area contributed by atoms with Gasteiger partial charge in [-0.2, -0.15) is 0 Å². The standard InChI is InChI=1S/C31H37Cl2N5O5/c1-18(2)36-27-13-23(24(33)15-35-27)21-12-25(34-14-21)28(39)37-26(19-7-6-8-22(32)11-19)17-42-29(40)20-9-10-38(16-20)30(41)43-31(3,4)5/h6-8,11-15,18,20,26,34H,9-10,16-17H2,1-5H3,(H,35,36)(H,37,39)/t20-,26+/m0/s1. The predicted molar refractivity (Wildman–Crippen MR) is 166 cm³/mol. The van der Waals surface area contributed by atoms with E-state index < -0.39 is 35.5 Å². The van der Waals surface area contributed by atoms with Crippen LogP contribution in [0.1, 0.15) is 63.1 Å². The lowest BCUT2D eigenvalue weighted by Gasteiger charge is -2.24. The van der Waals surface area contributed by atoms with Crippen molar-refractivity contribution in [2.45, 2.75) is 58.7 Å². The zero-order chi connectivity index (χ0) is 31.3. The van der Waals surface area contributed by atoms with Crippen LogP contribution in [-0.4, -0.2) is 64.2 Å². The van der Waals surface area contributed by atoms with Gasteiger partial charge in [0.25, 0.3) is 5.91 Å². The zero-order valence-corrected chi connectivity index (χ0v) is 26.4. The molecule has 12 heteroatoms. The number of pyridine rings is 1. The van der Waals surface area contributed by atoms with E-state index in [0.29, 0.717) is 51.2 Å². The third kappa shape index (κ3) is 8.87. The molecule has 0 aliphatic carbocycles. The molecule has 1 saturated heterocycles. The number of nitrogens with one attached hydrogen (secondary N) is 3. The summed E-state index contributed by atoms with van der Waals surface area (Å²) in [6.45, 7) is 9.88. The molecular weight excluding hydrogens is 593 g/mol. The summed E-state index contributed by atoms with van der Waals surface area (Å²) in [6.07, 6.45) is 3.26. The van der Waals surface area contributed by atoms with Gasteiger partial charge in [-0.3, -0.25) is 9.59 Å². The molecule has 2 amide bonds. The predicted octanol–water partition coefficient (Wildman–Crippen LogP) is 6.48. The molecule has 0 spiro atoms. The van der Waals surface area contributed by atoms with E-state index >= 15 is 0 Å². The zero-order valence-electron chi connectivity index (χ0n) is 24.9. The van der Waals surface area contributed by atoms with Gasteiger partial charge in [0.05, 0.1) is 17.0 Å². The van der Waals surface area contributed by atoms with Gasteiger partial charge in [0.2, 0.25) is 0 Å². The molecule has 1 fully saturated rings. The molecule has 2 aromatic heterocycles. The number of rotatable bonds is 9. The molecule has 1 aromatic carbocycles. The Morgan fingerprint density at radius 1 is 1.16 bits per heavy atom. The highest BCUT2D eigenvalue weighted by molar-refractivity contribution is 6.33. The Morgan fingerprint density at radius 2 is 1.93 bits per heavy atom. The number of hydrogen-bond acceptors (Lipinski definition) is 7. The number of H-pyrrole nitrogens is 1. The molecule has 10 nitrogen and oxygen atoms in total. The first-order valence-corrected chi connectivity index (χ1v) is 14.9. The van der Waals surface area contributed by atoms with Crippen LogP contribution >= 0.6 is 23.2 Å². The Morgan fingerprint density at radius 3 is 2.63 bits per heavy atom. The van der Waals surface area contributed by atoms with Crippen molar-refractivity contribution >= 4 is 47.0 Å². The third-order valence-corrected chi connectivity index (χ3v) is 7.19. The quantitative estimate of drug-likeness (QED) is 0.231. The lowest BCUT2D eigenvalue weighted by atomic mass is 10.1. The summed E-state index contributed by atoms with van der Waals surface area (Å²) in [5.41, 5.74) is 1.77. The third-order valence-electron chi connectivity index (χ3n) is 6.65. The van der Waals surface area contributed by atoms with Crippen LogP contribution in [0.25, 0.3) is 11.1 Å².